The van der Waals surface area contributed by atoms with Crippen LogP contribution in [0.5, 0.6) is 0 Å². The van der Waals surface area contributed by atoms with E-state index in [4.69, 9.17) is 0 Å². The maximum atomic E-state index is 12.8. The Labute approximate surface area is 132 Å². The van der Waals surface area contributed by atoms with Crippen molar-refractivity contribution >= 4 is 17.5 Å². The van der Waals surface area contributed by atoms with Crippen molar-refractivity contribution in [2.24, 2.45) is 0 Å². The van der Waals surface area contributed by atoms with Crippen molar-refractivity contribution in [1.82, 2.24) is 9.80 Å². The van der Waals surface area contributed by atoms with Crippen molar-refractivity contribution in [2.45, 2.75) is 26.8 Å². The molecule has 2 amide bonds. The molecule has 5 heteroatoms. The Bertz CT molecular complexity index is 510. The van der Waals surface area contributed by atoms with Crippen molar-refractivity contribution in [2.75, 3.05) is 37.6 Å². The highest BCUT2D eigenvalue weighted by Gasteiger charge is 2.29. The molecule has 0 aromatic heterocycles. The van der Waals surface area contributed by atoms with E-state index in [9.17, 15) is 9.59 Å². The number of hydrogen-bond acceptors (Lipinski definition) is 3. The van der Waals surface area contributed by atoms with Gasteiger partial charge in [-0.15, -0.1) is 0 Å². The van der Waals surface area contributed by atoms with Crippen molar-refractivity contribution in [3.8, 4) is 0 Å². The Morgan fingerprint density at radius 3 is 2.23 bits per heavy atom. The Hall–Kier alpha value is -1.88. The molecule has 0 radical (unpaired) electrons. The maximum Gasteiger partial charge on any atom is 0.244 e. The molecule has 0 bridgehead atoms. The molecule has 0 N–H and O–H groups in total. The number of rotatable bonds is 4. The number of para-hydroxylation sites is 1. The fraction of sp³-hybridized carbons (Fsp3) is 0.529. The van der Waals surface area contributed by atoms with Crippen LogP contribution in [0.1, 0.15) is 20.8 Å². The van der Waals surface area contributed by atoms with Gasteiger partial charge in [-0.05, 0) is 26.0 Å². The van der Waals surface area contributed by atoms with Crippen LogP contribution in [0, 0.1) is 0 Å². The largest absolute Gasteiger partial charge is 0.340 e. The zero-order valence-corrected chi connectivity index (χ0v) is 13.7. The molecule has 0 spiro atoms. The lowest BCUT2D eigenvalue weighted by Crippen LogP contribution is -2.55. The van der Waals surface area contributed by atoms with Crippen LogP contribution in [0.3, 0.4) is 0 Å². The van der Waals surface area contributed by atoms with Gasteiger partial charge in [0.2, 0.25) is 11.8 Å². The predicted molar refractivity (Wildman–Crippen MR) is 87.8 cm³/mol. The van der Waals surface area contributed by atoms with Gasteiger partial charge in [0, 0.05) is 45.3 Å². The Kier molecular flexibility index (Phi) is 5.55. The van der Waals surface area contributed by atoms with Crippen molar-refractivity contribution in [1.29, 1.82) is 0 Å². The third-order valence-electron chi connectivity index (χ3n) is 4.31. The molecule has 1 heterocycles. The number of amides is 2. The van der Waals surface area contributed by atoms with Gasteiger partial charge >= 0.3 is 0 Å². The van der Waals surface area contributed by atoms with Gasteiger partial charge < -0.3 is 9.80 Å². The lowest BCUT2D eigenvalue weighted by atomic mass is 10.2. The van der Waals surface area contributed by atoms with Gasteiger partial charge in [0.05, 0.1) is 6.04 Å². The first-order valence-corrected chi connectivity index (χ1v) is 7.90. The second-order valence-electron chi connectivity index (χ2n) is 5.64. The number of carbonyl (C=O) groups is 2. The summed E-state index contributed by atoms with van der Waals surface area (Å²) in [6.07, 6.45) is 0. The second kappa shape index (κ2) is 7.40. The van der Waals surface area contributed by atoms with E-state index in [1.807, 2.05) is 54.0 Å². The standard InChI is InChI=1S/C17H25N3O2/c1-4-20(16-8-6-5-7-9-16)17(22)14(2)18-10-12-19(13-11-18)15(3)21/h5-9,14H,4,10-13H2,1-3H3. The average Bonchev–Trinajstić information content (AvgIpc) is 2.56. The summed E-state index contributed by atoms with van der Waals surface area (Å²) in [5.41, 5.74) is 0.934. The molecule has 1 aliphatic heterocycles. The van der Waals surface area contributed by atoms with Crippen LogP contribution in [0.15, 0.2) is 30.3 Å². The molecule has 1 aromatic carbocycles. The van der Waals surface area contributed by atoms with Crippen molar-refractivity contribution in [3.63, 3.8) is 0 Å². The summed E-state index contributed by atoms with van der Waals surface area (Å²) in [7, 11) is 0. The van der Waals surface area contributed by atoms with Crippen LogP contribution in [-0.2, 0) is 9.59 Å². The number of carbonyl (C=O) groups excluding carboxylic acids is 2. The molecular weight excluding hydrogens is 278 g/mol. The molecule has 1 saturated heterocycles. The molecule has 0 aliphatic carbocycles. The van der Waals surface area contributed by atoms with Crippen LogP contribution < -0.4 is 4.90 Å². The number of piperazine rings is 1. The van der Waals surface area contributed by atoms with Crippen LogP contribution in [0.25, 0.3) is 0 Å². The summed E-state index contributed by atoms with van der Waals surface area (Å²) in [4.78, 5) is 30.0. The van der Waals surface area contributed by atoms with Crippen molar-refractivity contribution in [3.05, 3.63) is 30.3 Å². The van der Waals surface area contributed by atoms with E-state index in [2.05, 4.69) is 4.90 Å². The van der Waals surface area contributed by atoms with E-state index < -0.39 is 0 Å². The summed E-state index contributed by atoms with van der Waals surface area (Å²) >= 11 is 0. The van der Waals surface area contributed by atoms with Gasteiger partial charge in [-0.3, -0.25) is 14.5 Å². The highest BCUT2D eigenvalue weighted by Crippen LogP contribution is 2.17. The summed E-state index contributed by atoms with van der Waals surface area (Å²) in [6, 6.07) is 9.59. The van der Waals surface area contributed by atoms with Gasteiger partial charge in [0.15, 0.2) is 0 Å². The Morgan fingerprint density at radius 2 is 1.73 bits per heavy atom. The van der Waals surface area contributed by atoms with E-state index in [1.165, 1.54) is 0 Å². The molecular formula is C17H25N3O2. The van der Waals surface area contributed by atoms with Crippen LogP contribution in [0.2, 0.25) is 0 Å². The molecule has 1 aromatic rings. The fourth-order valence-corrected chi connectivity index (χ4v) is 2.88. The minimum Gasteiger partial charge on any atom is -0.340 e. The Balaban J connectivity index is 2.01. The smallest absolute Gasteiger partial charge is 0.244 e. The van der Waals surface area contributed by atoms with Gasteiger partial charge in [0.25, 0.3) is 0 Å². The lowest BCUT2D eigenvalue weighted by molar-refractivity contribution is -0.131. The molecule has 0 saturated carbocycles. The SMILES string of the molecule is CCN(C(=O)C(C)N1CCN(C(C)=O)CC1)c1ccccc1. The van der Waals surface area contributed by atoms with Gasteiger partial charge in [0.1, 0.15) is 0 Å². The molecule has 1 atom stereocenters. The fourth-order valence-electron chi connectivity index (χ4n) is 2.88. The number of hydrogen-bond donors (Lipinski definition) is 0. The number of nitrogens with zero attached hydrogens (tertiary/aromatic N) is 3. The monoisotopic (exact) mass is 303 g/mol. The summed E-state index contributed by atoms with van der Waals surface area (Å²) in [6.45, 7) is 9.09. The molecule has 2 rings (SSSR count). The highest BCUT2D eigenvalue weighted by atomic mass is 16.2. The first-order valence-electron chi connectivity index (χ1n) is 7.90. The van der Waals surface area contributed by atoms with E-state index in [1.54, 1.807) is 6.92 Å². The molecule has 1 fully saturated rings. The van der Waals surface area contributed by atoms with Gasteiger partial charge in [-0.25, -0.2) is 0 Å². The van der Waals surface area contributed by atoms with Crippen LogP contribution in [0.4, 0.5) is 5.69 Å². The Morgan fingerprint density at radius 1 is 1.14 bits per heavy atom. The highest BCUT2D eigenvalue weighted by molar-refractivity contribution is 5.96. The third kappa shape index (κ3) is 3.65. The normalized spacial score (nSPS) is 17.1. The maximum absolute atomic E-state index is 12.8. The second-order valence-corrected chi connectivity index (χ2v) is 5.64. The van der Waals surface area contributed by atoms with Gasteiger partial charge in [-0.2, -0.15) is 0 Å². The topological polar surface area (TPSA) is 43.9 Å². The number of likely N-dealkylation sites (N-methyl/N-ethyl adjacent to an activating group) is 1. The lowest BCUT2D eigenvalue weighted by Gasteiger charge is -2.38. The van der Waals surface area contributed by atoms with E-state index >= 15 is 0 Å². The first-order chi connectivity index (χ1) is 10.5. The van der Waals surface area contributed by atoms with Crippen LogP contribution in [-0.4, -0.2) is 60.4 Å². The predicted octanol–water partition coefficient (Wildman–Crippen LogP) is 1.59. The first kappa shape index (κ1) is 16.5. The van der Waals surface area contributed by atoms with Crippen LogP contribution >= 0.6 is 0 Å². The zero-order chi connectivity index (χ0) is 16.1. The third-order valence-corrected chi connectivity index (χ3v) is 4.31. The minimum absolute atomic E-state index is 0.109. The molecule has 1 aliphatic rings. The van der Waals surface area contributed by atoms with Crippen molar-refractivity contribution < 1.29 is 9.59 Å². The molecule has 1 unspecified atom stereocenters. The van der Waals surface area contributed by atoms with E-state index in [0.717, 1.165) is 18.8 Å². The quantitative estimate of drug-likeness (QED) is 0.848. The summed E-state index contributed by atoms with van der Waals surface area (Å²) in [5.74, 6) is 0.225. The van der Waals surface area contributed by atoms with E-state index in [-0.39, 0.29) is 17.9 Å². The minimum atomic E-state index is -0.172. The summed E-state index contributed by atoms with van der Waals surface area (Å²) in [5, 5.41) is 0. The zero-order valence-electron chi connectivity index (χ0n) is 13.7. The molecule has 22 heavy (non-hydrogen) atoms. The average molecular weight is 303 g/mol. The molecule has 5 nitrogen and oxygen atoms in total. The molecule has 120 valence electrons. The summed E-state index contributed by atoms with van der Waals surface area (Å²) < 4.78 is 0. The van der Waals surface area contributed by atoms with E-state index in [0.29, 0.717) is 19.6 Å². The number of benzene rings is 1. The number of anilines is 1. The van der Waals surface area contributed by atoms with Gasteiger partial charge in [-0.1, -0.05) is 18.2 Å².